The molecule has 0 radical (unpaired) electrons. The molecule has 0 aromatic carbocycles. The van der Waals surface area contributed by atoms with Gasteiger partial charge in [-0.2, -0.15) is 0 Å². The van der Waals surface area contributed by atoms with E-state index in [1.54, 1.807) is 0 Å². The van der Waals surface area contributed by atoms with E-state index in [1.165, 1.54) is 17.2 Å². The molecule has 0 aliphatic rings. The van der Waals surface area contributed by atoms with Crippen LogP contribution in [-0.2, 0) is 0 Å². The highest BCUT2D eigenvalue weighted by Gasteiger charge is 2.27. The lowest BCUT2D eigenvalue weighted by molar-refractivity contribution is -0.385. The highest BCUT2D eigenvalue weighted by molar-refractivity contribution is 6.32. The Bertz CT molecular complexity index is 540. The second-order valence-corrected chi connectivity index (χ2v) is 4.04. The van der Waals surface area contributed by atoms with Crippen LogP contribution in [-0.4, -0.2) is 33.8 Å². The monoisotopic (exact) mass is 281 g/mol. The fraction of sp³-hybridized carbons (Fsp3) is 0.333. The number of amides is 1. The van der Waals surface area contributed by atoms with Gasteiger partial charge in [-0.25, -0.2) is 4.98 Å². The van der Waals surface area contributed by atoms with E-state index in [0.29, 0.717) is 13.0 Å². The topological polar surface area (TPSA) is 76.3 Å². The first-order chi connectivity index (χ1) is 9.02. The molecular weight excluding hydrogens is 270 g/mol. The summed E-state index contributed by atoms with van der Waals surface area (Å²) < 4.78 is 0. The average Bonchev–Trinajstić information content (AvgIpc) is 2.37. The van der Waals surface area contributed by atoms with Gasteiger partial charge in [0, 0.05) is 12.7 Å². The first-order valence-corrected chi connectivity index (χ1v) is 5.92. The molecule has 19 heavy (non-hydrogen) atoms. The number of halogens is 1. The van der Waals surface area contributed by atoms with Gasteiger partial charge in [-0.3, -0.25) is 14.9 Å². The number of nitro groups is 1. The number of carbonyl (C=O) groups excluding carboxylic acids is 1. The highest BCUT2D eigenvalue weighted by Crippen LogP contribution is 2.27. The zero-order valence-corrected chi connectivity index (χ0v) is 11.1. The minimum absolute atomic E-state index is 0.0871. The van der Waals surface area contributed by atoms with Crippen molar-refractivity contribution in [2.75, 3.05) is 13.1 Å². The van der Waals surface area contributed by atoms with Crippen molar-refractivity contribution >= 4 is 23.2 Å². The van der Waals surface area contributed by atoms with Crippen LogP contribution < -0.4 is 0 Å². The van der Waals surface area contributed by atoms with Gasteiger partial charge in [0.1, 0.15) is 5.56 Å². The summed E-state index contributed by atoms with van der Waals surface area (Å²) in [5.41, 5.74) is -0.596. The van der Waals surface area contributed by atoms with Crippen LogP contribution in [0.3, 0.4) is 0 Å². The van der Waals surface area contributed by atoms with Gasteiger partial charge in [0.2, 0.25) is 5.15 Å². The smallest absolute Gasteiger partial charge is 0.319 e. The van der Waals surface area contributed by atoms with Crippen LogP contribution in [0.2, 0.25) is 5.15 Å². The fourth-order valence-electron chi connectivity index (χ4n) is 1.58. The number of terminal acetylenes is 1. The summed E-state index contributed by atoms with van der Waals surface area (Å²) in [6, 6.07) is 1.27. The zero-order chi connectivity index (χ0) is 14.4. The molecule has 1 aromatic rings. The minimum atomic E-state index is -0.720. The van der Waals surface area contributed by atoms with Gasteiger partial charge in [0.25, 0.3) is 5.91 Å². The summed E-state index contributed by atoms with van der Waals surface area (Å²) in [6.45, 7) is 2.38. The van der Waals surface area contributed by atoms with E-state index in [2.05, 4.69) is 10.9 Å². The van der Waals surface area contributed by atoms with Gasteiger partial charge < -0.3 is 4.90 Å². The fourth-order valence-corrected chi connectivity index (χ4v) is 1.80. The van der Waals surface area contributed by atoms with Crippen molar-refractivity contribution in [1.82, 2.24) is 9.88 Å². The summed E-state index contributed by atoms with van der Waals surface area (Å²) in [5, 5.41) is 10.6. The second kappa shape index (κ2) is 6.71. The third kappa shape index (κ3) is 3.42. The number of pyridine rings is 1. The summed E-state index contributed by atoms with van der Waals surface area (Å²) in [4.78, 5) is 27.4. The van der Waals surface area contributed by atoms with Crippen LogP contribution in [0.1, 0.15) is 23.7 Å². The number of aromatic nitrogens is 1. The van der Waals surface area contributed by atoms with Crippen LogP contribution in [0, 0.1) is 22.5 Å². The molecule has 0 unspecified atom stereocenters. The SMILES string of the molecule is C#CCN(CCC)C(=O)c1ccnc(Cl)c1[N+](=O)[O-]. The molecule has 0 saturated carbocycles. The lowest BCUT2D eigenvalue weighted by atomic mass is 10.2. The summed E-state index contributed by atoms with van der Waals surface area (Å²) >= 11 is 5.66. The van der Waals surface area contributed by atoms with Gasteiger partial charge in [0.05, 0.1) is 11.5 Å². The molecule has 6 nitrogen and oxygen atoms in total. The number of rotatable bonds is 5. The third-order valence-electron chi connectivity index (χ3n) is 2.36. The van der Waals surface area contributed by atoms with Crippen LogP contribution in [0.4, 0.5) is 5.69 Å². The lowest BCUT2D eigenvalue weighted by Crippen LogP contribution is -2.32. The Morgan fingerprint density at radius 3 is 2.89 bits per heavy atom. The molecule has 0 atom stereocenters. The molecule has 0 bridgehead atoms. The maximum Gasteiger partial charge on any atom is 0.319 e. The van der Waals surface area contributed by atoms with E-state index in [-0.39, 0.29) is 17.3 Å². The number of nitrogens with zero attached hydrogens (tertiary/aromatic N) is 3. The lowest BCUT2D eigenvalue weighted by Gasteiger charge is -2.19. The van der Waals surface area contributed by atoms with E-state index < -0.39 is 16.5 Å². The molecule has 0 spiro atoms. The van der Waals surface area contributed by atoms with Crippen molar-refractivity contribution in [3.05, 3.63) is 33.1 Å². The normalized spacial score (nSPS) is 9.74. The molecule has 1 rings (SSSR count). The molecule has 1 aromatic heterocycles. The van der Waals surface area contributed by atoms with Crippen molar-refractivity contribution in [2.45, 2.75) is 13.3 Å². The molecule has 0 N–H and O–H groups in total. The quantitative estimate of drug-likeness (QED) is 0.358. The highest BCUT2D eigenvalue weighted by atomic mass is 35.5. The van der Waals surface area contributed by atoms with Gasteiger partial charge in [-0.1, -0.05) is 24.4 Å². The molecule has 1 amide bonds. The van der Waals surface area contributed by atoms with Gasteiger partial charge in [-0.15, -0.1) is 6.42 Å². The van der Waals surface area contributed by atoms with Crippen LogP contribution in [0.25, 0.3) is 0 Å². The van der Waals surface area contributed by atoms with Crippen LogP contribution >= 0.6 is 11.6 Å². The van der Waals surface area contributed by atoms with Gasteiger partial charge in [-0.05, 0) is 12.5 Å². The maximum atomic E-state index is 12.2. The Kier molecular flexibility index (Phi) is 5.27. The van der Waals surface area contributed by atoms with Crippen LogP contribution in [0.5, 0.6) is 0 Å². The molecular formula is C12H12ClN3O3. The van der Waals surface area contributed by atoms with Gasteiger partial charge >= 0.3 is 5.69 Å². The second-order valence-electron chi connectivity index (χ2n) is 3.69. The van der Waals surface area contributed by atoms with E-state index in [9.17, 15) is 14.9 Å². The summed E-state index contributed by atoms with van der Waals surface area (Å²) in [5.74, 6) is 1.84. The van der Waals surface area contributed by atoms with E-state index >= 15 is 0 Å². The van der Waals surface area contributed by atoms with E-state index in [1.807, 2.05) is 6.92 Å². The van der Waals surface area contributed by atoms with Crippen molar-refractivity contribution in [1.29, 1.82) is 0 Å². The van der Waals surface area contributed by atoms with Crippen molar-refractivity contribution in [2.24, 2.45) is 0 Å². The zero-order valence-electron chi connectivity index (χ0n) is 10.3. The first-order valence-electron chi connectivity index (χ1n) is 5.54. The van der Waals surface area contributed by atoms with E-state index in [0.717, 1.165) is 0 Å². The number of hydrogen-bond acceptors (Lipinski definition) is 4. The van der Waals surface area contributed by atoms with Crippen molar-refractivity contribution in [3.63, 3.8) is 0 Å². The Morgan fingerprint density at radius 2 is 2.37 bits per heavy atom. The Labute approximate surface area is 115 Å². The molecule has 100 valence electrons. The van der Waals surface area contributed by atoms with E-state index in [4.69, 9.17) is 18.0 Å². The molecule has 0 saturated heterocycles. The minimum Gasteiger partial charge on any atom is -0.327 e. The summed E-state index contributed by atoms with van der Waals surface area (Å²) in [7, 11) is 0. The molecule has 0 fully saturated rings. The number of carbonyl (C=O) groups is 1. The Hall–Kier alpha value is -2.13. The third-order valence-corrected chi connectivity index (χ3v) is 2.63. The average molecular weight is 282 g/mol. The predicted octanol–water partition coefficient (Wildman–Crippen LogP) is 2.13. The number of hydrogen-bond donors (Lipinski definition) is 0. The van der Waals surface area contributed by atoms with Gasteiger partial charge in [0.15, 0.2) is 0 Å². The van der Waals surface area contributed by atoms with Crippen molar-refractivity contribution in [3.8, 4) is 12.3 Å². The first kappa shape index (κ1) is 14.9. The Morgan fingerprint density at radius 1 is 1.68 bits per heavy atom. The summed E-state index contributed by atoms with van der Waals surface area (Å²) in [6.07, 6.45) is 7.13. The van der Waals surface area contributed by atoms with Crippen molar-refractivity contribution < 1.29 is 9.72 Å². The maximum absolute atomic E-state index is 12.2. The van der Waals surface area contributed by atoms with Crippen LogP contribution in [0.15, 0.2) is 12.3 Å². The molecule has 1 heterocycles. The predicted molar refractivity (Wildman–Crippen MR) is 70.9 cm³/mol. The molecule has 0 aliphatic heterocycles. The standard InChI is InChI=1S/C12H12ClN3O3/c1-3-7-15(8-4-2)12(17)9-5-6-14-11(13)10(9)16(18)19/h1,5-6H,4,7-8H2,2H3. The molecule has 7 heteroatoms. The Balaban J connectivity index is 3.21. The largest absolute Gasteiger partial charge is 0.327 e. The molecule has 0 aliphatic carbocycles.